The molecule has 21 heavy (non-hydrogen) atoms. The maximum absolute atomic E-state index is 12.2. The maximum atomic E-state index is 12.2. The minimum absolute atomic E-state index is 0.0715. The van der Waals surface area contributed by atoms with Crippen molar-refractivity contribution in [2.24, 2.45) is 0 Å². The van der Waals surface area contributed by atoms with Crippen molar-refractivity contribution in [3.63, 3.8) is 0 Å². The number of carbonyl (C=O) groups excluding carboxylic acids is 1. The molecule has 0 radical (unpaired) electrons. The minimum Gasteiger partial charge on any atom is -0.322 e. The normalized spacial score (nSPS) is 10.2. The van der Waals surface area contributed by atoms with Crippen LogP contribution in [-0.4, -0.2) is 10.8 Å². The summed E-state index contributed by atoms with van der Waals surface area (Å²) in [6.45, 7) is 1.91. The smallest absolute Gasteiger partial charge is 0.300 e. The van der Waals surface area contributed by atoms with Gasteiger partial charge in [-0.25, -0.2) is 0 Å². The lowest BCUT2D eigenvalue weighted by atomic mass is 10.1. The number of hydrogen-bond acceptors (Lipinski definition) is 3. The van der Waals surface area contributed by atoms with Crippen molar-refractivity contribution in [2.45, 2.75) is 6.92 Å². The second-order valence-corrected chi connectivity index (χ2v) is 5.57. The highest BCUT2D eigenvalue weighted by Gasteiger charge is 2.23. The Bertz CT molecular complexity index is 734. The van der Waals surface area contributed by atoms with Gasteiger partial charge < -0.3 is 5.32 Å². The molecule has 2 rings (SSSR count). The van der Waals surface area contributed by atoms with Gasteiger partial charge in [0.1, 0.15) is 10.6 Å². The van der Waals surface area contributed by atoms with Gasteiger partial charge >= 0.3 is 5.69 Å². The molecule has 0 unspecified atom stereocenters. The van der Waals surface area contributed by atoms with Crippen LogP contribution in [0.1, 0.15) is 15.9 Å². The average Bonchev–Trinajstić information content (AvgIpc) is 2.42. The Labute approximate surface area is 134 Å². The number of amides is 1. The Morgan fingerprint density at radius 3 is 2.67 bits per heavy atom. The first-order valence-electron chi connectivity index (χ1n) is 5.90. The predicted molar refractivity (Wildman–Crippen MR) is 84.9 cm³/mol. The van der Waals surface area contributed by atoms with Gasteiger partial charge in [-0.2, -0.15) is 0 Å². The zero-order valence-corrected chi connectivity index (χ0v) is 13.2. The van der Waals surface area contributed by atoms with Gasteiger partial charge in [0.25, 0.3) is 5.91 Å². The molecule has 108 valence electrons. The molecule has 0 saturated heterocycles. The highest BCUT2D eigenvalue weighted by atomic mass is 79.9. The summed E-state index contributed by atoms with van der Waals surface area (Å²) in [7, 11) is 0. The first-order chi connectivity index (χ1) is 9.90. The molecule has 0 aromatic heterocycles. The van der Waals surface area contributed by atoms with Gasteiger partial charge in [0.2, 0.25) is 0 Å². The molecule has 1 amide bonds. The van der Waals surface area contributed by atoms with E-state index < -0.39 is 16.5 Å². The molecule has 0 aliphatic rings. The molecule has 2 aromatic rings. The summed E-state index contributed by atoms with van der Waals surface area (Å²) < 4.78 is 0.834. The van der Waals surface area contributed by atoms with E-state index in [1.165, 1.54) is 18.2 Å². The largest absolute Gasteiger partial charge is 0.322 e. The fourth-order valence-electron chi connectivity index (χ4n) is 1.75. The molecular formula is C14H10BrClN2O3. The van der Waals surface area contributed by atoms with Gasteiger partial charge in [0.15, 0.2) is 0 Å². The summed E-state index contributed by atoms with van der Waals surface area (Å²) in [6, 6.07) is 9.50. The number of carbonyl (C=O) groups is 1. The molecule has 5 nitrogen and oxygen atoms in total. The lowest BCUT2D eigenvalue weighted by Crippen LogP contribution is -2.14. The fraction of sp³-hybridized carbons (Fsp3) is 0.0714. The number of benzene rings is 2. The van der Waals surface area contributed by atoms with Crippen molar-refractivity contribution in [1.29, 1.82) is 0 Å². The van der Waals surface area contributed by atoms with Crippen LogP contribution in [0.2, 0.25) is 5.02 Å². The van der Waals surface area contributed by atoms with Crippen molar-refractivity contribution < 1.29 is 9.72 Å². The van der Waals surface area contributed by atoms with Crippen LogP contribution in [-0.2, 0) is 0 Å². The van der Waals surface area contributed by atoms with E-state index in [-0.39, 0.29) is 10.6 Å². The fourth-order valence-corrected chi connectivity index (χ4v) is 2.38. The molecule has 0 saturated carbocycles. The highest BCUT2D eigenvalue weighted by molar-refractivity contribution is 9.10. The van der Waals surface area contributed by atoms with E-state index in [2.05, 4.69) is 21.2 Å². The van der Waals surface area contributed by atoms with Crippen LogP contribution in [0, 0.1) is 17.0 Å². The van der Waals surface area contributed by atoms with E-state index in [1.807, 2.05) is 13.0 Å². The van der Waals surface area contributed by atoms with E-state index >= 15 is 0 Å². The number of rotatable bonds is 3. The summed E-state index contributed by atoms with van der Waals surface area (Å²) in [5.74, 6) is -0.583. The number of nitrogens with zero attached hydrogens (tertiary/aromatic N) is 1. The van der Waals surface area contributed by atoms with Gasteiger partial charge in [-0.15, -0.1) is 0 Å². The van der Waals surface area contributed by atoms with Gasteiger partial charge in [0.05, 0.1) is 4.92 Å². The van der Waals surface area contributed by atoms with E-state index in [0.717, 1.165) is 10.0 Å². The SMILES string of the molecule is Cc1ccc(NC(=O)c2cccc(Cl)c2[N+](=O)[O-])cc1Br. The van der Waals surface area contributed by atoms with Crippen LogP contribution in [0.3, 0.4) is 0 Å². The molecular weight excluding hydrogens is 360 g/mol. The Balaban J connectivity index is 2.35. The predicted octanol–water partition coefficient (Wildman–Crippen LogP) is 4.57. The van der Waals surface area contributed by atoms with Crippen molar-refractivity contribution >= 4 is 44.8 Å². The van der Waals surface area contributed by atoms with Gasteiger partial charge in [-0.05, 0) is 36.8 Å². The van der Waals surface area contributed by atoms with Crippen LogP contribution in [0.4, 0.5) is 11.4 Å². The summed E-state index contributed by atoms with van der Waals surface area (Å²) in [4.78, 5) is 22.6. The lowest BCUT2D eigenvalue weighted by molar-refractivity contribution is -0.385. The first kappa shape index (κ1) is 15.5. The molecule has 0 atom stereocenters. The quantitative estimate of drug-likeness (QED) is 0.636. The number of hydrogen-bond donors (Lipinski definition) is 1. The average molecular weight is 370 g/mol. The molecule has 7 heteroatoms. The summed E-state index contributed by atoms with van der Waals surface area (Å²) in [5.41, 5.74) is 1.07. The van der Waals surface area contributed by atoms with Crippen LogP contribution < -0.4 is 5.32 Å². The van der Waals surface area contributed by atoms with Crippen LogP contribution >= 0.6 is 27.5 Å². The van der Waals surface area contributed by atoms with Gasteiger partial charge in [-0.1, -0.05) is 39.7 Å². The number of aryl methyl sites for hydroxylation is 1. The maximum Gasteiger partial charge on any atom is 0.300 e. The number of nitrogens with one attached hydrogen (secondary N) is 1. The molecule has 0 bridgehead atoms. The van der Waals surface area contributed by atoms with E-state index in [4.69, 9.17) is 11.6 Å². The standard InChI is InChI=1S/C14H10BrClN2O3/c1-8-5-6-9(7-11(8)15)17-14(19)10-3-2-4-12(16)13(10)18(20)21/h2-7H,1H3,(H,17,19). The van der Waals surface area contributed by atoms with Crippen molar-refractivity contribution in [3.8, 4) is 0 Å². The molecule has 0 fully saturated rings. The highest BCUT2D eigenvalue weighted by Crippen LogP contribution is 2.29. The Kier molecular flexibility index (Phi) is 4.59. The lowest BCUT2D eigenvalue weighted by Gasteiger charge is -2.08. The van der Waals surface area contributed by atoms with Crippen molar-refractivity contribution in [2.75, 3.05) is 5.32 Å². The molecule has 0 spiro atoms. The Morgan fingerprint density at radius 1 is 1.33 bits per heavy atom. The molecule has 0 aliphatic carbocycles. The third kappa shape index (κ3) is 3.40. The van der Waals surface area contributed by atoms with Crippen molar-refractivity contribution in [1.82, 2.24) is 0 Å². The van der Waals surface area contributed by atoms with E-state index in [0.29, 0.717) is 5.69 Å². The summed E-state index contributed by atoms with van der Waals surface area (Å²) in [5, 5.41) is 13.6. The molecule has 0 heterocycles. The van der Waals surface area contributed by atoms with Gasteiger partial charge in [-0.3, -0.25) is 14.9 Å². The van der Waals surface area contributed by atoms with Crippen LogP contribution in [0.5, 0.6) is 0 Å². The number of anilines is 1. The Hall–Kier alpha value is -1.92. The van der Waals surface area contributed by atoms with E-state index in [1.54, 1.807) is 12.1 Å². The second-order valence-electron chi connectivity index (χ2n) is 4.31. The summed E-state index contributed by atoms with van der Waals surface area (Å²) in [6.07, 6.45) is 0. The number of halogens is 2. The monoisotopic (exact) mass is 368 g/mol. The minimum atomic E-state index is -0.664. The van der Waals surface area contributed by atoms with Crippen LogP contribution in [0.25, 0.3) is 0 Å². The first-order valence-corrected chi connectivity index (χ1v) is 7.07. The third-order valence-electron chi connectivity index (χ3n) is 2.84. The summed E-state index contributed by atoms with van der Waals surface area (Å²) >= 11 is 9.15. The topological polar surface area (TPSA) is 72.2 Å². The second kappa shape index (κ2) is 6.24. The van der Waals surface area contributed by atoms with Crippen LogP contribution in [0.15, 0.2) is 40.9 Å². The van der Waals surface area contributed by atoms with Gasteiger partial charge in [0, 0.05) is 10.2 Å². The molecule has 2 aromatic carbocycles. The van der Waals surface area contributed by atoms with E-state index in [9.17, 15) is 14.9 Å². The number of para-hydroxylation sites is 1. The zero-order valence-electron chi connectivity index (χ0n) is 10.9. The number of nitro groups is 1. The molecule has 0 aliphatic heterocycles. The zero-order chi connectivity index (χ0) is 15.6. The number of nitro benzene ring substituents is 1. The molecule has 1 N–H and O–H groups in total. The third-order valence-corrected chi connectivity index (χ3v) is 4.00. The van der Waals surface area contributed by atoms with Crippen molar-refractivity contribution in [3.05, 3.63) is 67.1 Å². The Morgan fingerprint density at radius 2 is 2.05 bits per heavy atom.